The maximum absolute atomic E-state index is 12.4. The molecule has 2 aromatic carbocycles. The summed E-state index contributed by atoms with van der Waals surface area (Å²) in [5.74, 6) is -0.139. The first-order chi connectivity index (χ1) is 12.5. The molecule has 0 aromatic heterocycles. The van der Waals surface area contributed by atoms with Gasteiger partial charge in [-0.15, -0.1) is 11.8 Å². The standard InChI is InChI=1S/C19H20Br2N2O3S/c1-11-5-6-12(19(2,3)4)7-16(11)27-10-17(24)22-18-14(21)8-13(20)9-15(18)23(25)26/h5-9H,10H2,1-4H3,(H,22,24). The number of hydrogen-bond donors (Lipinski definition) is 1. The molecule has 5 nitrogen and oxygen atoms in total. The fourth-order valence-corrected chi connectivity index (χ4v) is 4.54. The normalized spacial score (nSPS) is 11.3. The Morgan fingerprint density at radius 2 is 1.89 bits per heavy atom. The minimum atomic E-state index is -0.519. The molecule has 0 bridgehead atoms. The highest BCUT2D eigenvalue weighted by atomic mass is 79.9. The maximum atomic E-state index is 12.4. The highest BCUT2D eigenvalue weighted by Crippen LogP contribution is 2.36. The Bertz CT molecular complexity index is 895. The number of rotatable bonds is 5. The minimum Gasteiger partial charge on any atom is -0.319 e. The van der Waals surface area contributed by atoms with E-state index < -0.39 is 4.92 Å². The molecule has 0 aliphatic heterocycles. The minimum absolute atomic E-state index is 0.0220. The molecule has 0 spiro atoms. The first-order valence-electron chi connectivity index (χ1n) is 8.16. The molecule has 27 heavy (non-hydrogen) atoms. The van der Waals surface area contributed by atoms with Gasteiger partial charge in [0.05, 0.1) is 10.7 Å². The Morgan fingerprint density at radius 1 is 1.22 bits per heavy atom. The van der Waals surface area contributed by atoms with Gasteiger partial charge in [0.25, 0.3) is 5.69 Å². The molecule has 0 atom stereocenters. The van der Waals surface area contributed by atoms with Gasteiger partial charge in [-0.2, -0.15) is 0 Å². The third-order valence-corrected chi connectivity index (χ3v) is 6.15. The first kappa shape index (κ1) is 21.9. The number of carbonyl (C=O) groups excluding carboxylic acids is 1. The summed E-state index contributed by atoms with van der Waals surface area (Å²) in [5.41, 5.74) is 2.31. The lowest BCUT2D eigenvalue weighted by molar-refractivity contribution is -0.384. The van der Waals surface area contributed by atoms with Crippen LogP contribution in [0.3, 0.4) is 0 Å². The van der Waals surface area contributed by atoms with Crippen molar-refractivity contribution in [3.8, 4) is 0 Å². The van der Waals surface area contributed by atoms with Gasteiger partial charge in [-0.1, -0.05) is 48.8 Å². The van der Waals surface area contributed by atoms with Crippen LogP contribution < -0.4 is 5.32 Å². The summed E-state index contributed by atoms with van der Waals surface area (Å²) in [6, 6.07) is 9.28. The molecule has 1 amide bonds. The number of thioether (sulfide) groups is 1. The first-order valence-corrected chi connectivity index (χ1v) is 10.7. The fraction of sp³-hybridized carbons (Fsp3) is 0.316. The molecular formula is C19H20Br2N2O3S. The molecule has 144 valence electrons. The molecule has 0 aliphatic carbocycles. The highest BCUT2D eigenvalue weighted by Gasteiger charge is 2.21. The molecule has 0 fully saturated rings. The van der Waals surface area contributed by atoms with Crippen molar-refractivity contribution in [2.75, 3.05) is 11.1 Å². The molecule has 8 heteroatoms. The Labute approximate surface area is 179 Å². The van der Waals surface area contributed by atoms with Crippen molar-refractivity contribution in [2.24, 2.45) is 0 Å². The number of nitro groups is 1. The summed E-state index contributed by atoms with van der Waals surface area (Å²) in [5, 5.41) is 13.9. The van der Waals surface area contributed by atoms with Gasteiger partial charge in [0.1, 0.15) is 5.69 Å². The summed E-state index contributed by atoms with van der Waals surface area (Å²) in [6.07, 6.45) is 0. The summed E-state index contributed by atoms with van der Waals surface area (Å²) in [4.78, 5) is 24.2. The number of nitrogens with one attached hydrogen (secondary N) is 1. The van der Waals surface area contributed by atoms with Crippen LogP contribution in [0.5, 0.6) is 0 Å². The second kappa shape index (κ2) is 8.75. The van der Waals surface area contributed by atoms with Gasteiger partial charge in [0.15, 0.2) is 0 Å². The number of halogens is 2. The molecule has 0 saturated carbocycles. The van der Waals surface area contributed by atoms with Crippen molar-refractivity contribution in [3.05, 3.63) is 60.5 Å². The summed E-state index contributed by atoms with van der Waals surface area (Å²) in [7, 11) is 0. The van der Waals surface area contributed by atoms with Crippen LogP contribution in [0, 0.1) is 17.0 Å². The highest BCUT2D eigenvalue weighted by molar-refractivity contribution is 9.11. The van der Waals surface area contributed by atoms with Crippen LogP contribution in [-0.2, 0) is 10.2 Å². The number of nitro benzene ring substituents is 1. The number of hydrogen-bond acceptors (Lipinski definition) is 4. The number of aryl methyl sites for hydroxylation is 1. The third-order valence-electron chi connectivity index (χ3n) is 3.91. The van der Waals surface area contributed by atoms with Crippen LogP contribution in [0.15, 0.2) is 44.2 Å². The second-order valence-electron chi connectivity index (χ2n) is 7.11. The van der Waals surface area contributed by atoms with Crippen molar-refractivity contribution in [1.29, 1.82) is 0 Å². The van der Waals surface area contributed by atoms with Crippen LogP contribution in [0.2, 0.25) is 0 Å². The predicted octanol–water partition coefficient (Wildman–Crippen LogP) is 6.46. The van der Waals surface area contributed by atoms with E-state index in [0.29, 0.717) is 8.95 Å². The second-order valence-corrected chi connectivity index (χ2v) is 9.89. The van der Waals surface area contributed by atoms with Crippen LogP contribution in [-0.4, -0.2) is 16.6 Å². The zero-order valence-electron chi connectivity index (χ0n) is 15.4. The van der Waals surface area contributed by atoms with Gasteiger partial charge in [-0.05, 0) is 51.5 Å². The lowest BCUT2D eigenvalue weighted by Crippen LogP contribution is -2.16. The SMILES string of the molecule is Cc1ccc(C(C)(C)C)cc1SCC(=O)Nc1c(Br)cc(Br)cc1[N+](=O)[O-]. The average Bonchev–Trinajstić information content (AvgIpc) is 2.55. The van der Waals surface area contributed by atoms with E-state index in [0.717, 1.165) is 10.5 Å². The zero-order valence-corrected chi connectivity index (χ0v) is 19.4. The molecule has 0 saturated heterocycles. The van der Waals surface area contributed by atoms with Gasteiger partial charge in [-0.3, -0.25) is 14.9 Å². The molecular weight excluding hydrogens is 496 g/mol. The third kappa shape index (κ3) is 5.80. The van der Waals surface area contributed by atoms with Crippen molar-refractivity contribution in [2.45, 2.75) is 38.0 Å². The number of nitrogens with zero attached hydrogens (tertiary/aromatic N) is 1. The number of carbonyl (C=O) groups is 1. The van der Waals surface area contributed by atoms with Crippen molar-refractivity contribution < 1.29 is 9.72 Å². The smallest absolute Gasteiger partial charge is 0.295 e. The van der Waals surface area contributed by atoms with Gasteiger partial charge in [-0.25, -0.2) is 0 Å². The summed E-state index contributed by atoms with van der Waals surface area (Å²) < 4.78 is 1.01. The Balaban J connectivity index is 2.16. The predicted molar refractivity (Wildman–Crippen MR) is 118 cm³/mol. The molecule has 1 N–H and O–H groups in total. The molecule has 0 radical (unpaired) electrons. The van der Waals surface area contributed by atoms with Crippen molar-refractivity contribution in [1.82, 2.24) is 0 Å². The maximum Gasteiger partial charge on any atom is 0.295 e. The number of amides is 1. The monoisotopic (exact) mass is 514 g/mol. The molecule has 0 aliphatic rings. The number of anilines is 1. The quantitative estimate of drug-likeness (QED) is 0.282. The summed E-state index contributed by atoms with van der Waals surface area (Å²) >= 11 is 7.92. The number of benzene rings is 2. The Kier molecular flexibility index (Phi) is 7.10. The molecule has 0 heterocycles. The van der Waals surface area contributed by atoms with E-state index >= 15 is 0 Å². The van der Waals surface area contributed by atoms with Crippen molar-refractivity contribution in [3.63, 3.8) is 0 Å². The van der Waals surface area contributed by atoms with E-state index in [1.807, 2.05) is 6.92 Å². The van der Waals surface area contributed by atoms with Crippen molar-refractivity contribution >= 4 is 60.9 Å². The van der Waals surface area contributed by atoms with E-state index in [2.05, 4.69) is 76.1 Å². The fourth-order valence-electron chi connectivity index (χ4n) is 2.37. The van der Waals surface area contributed by atoms with Crippen LogP contribution >= 0.6 is 43.6 Å². The van der Waals surface area contributed by atoms with E-state index in [1.54, 1.807) is 6.07 Å². The lowest BCUT2D eigenvalue weighted by atomic mass is 9.87. The van der Waals surface area contributed by atoms with Gasteiger partial charge in [0, 0.05) is 19.9 Å². The lowest BCUT2D eigenvalue weighted by Gasteiger charge is -2.20. The molecule has 0 unspecified atom stereocenters. The van der Waals surface area contributed by atoms with Gasteiger partial charge >= 0.3 is 0 Å². The van der Waals surface area contributed by atoms with Crippen LogP contribution in [0.4, 0.5) is 11.4 Å². The Morgan fingerprint density at radius 3 is 2.48 bits per heavy atom. The molecule has 2 aromatic rings. The van der Waals surface area contributed by atoms with Crippen LogP contribution in [0.25, 0.3) is 0 Å². The zero-order chi connectivity index (χ0) is 20.4. The van der Waals surface area contributed by atoms with Gasteiger partial charge in [0.2, 0.25) is 5.91 Å². The topological polar surface area (TPSA) is 72.2 Å². The van der Waals surface area contributed by atoms with Crippen LogP contribution in [0.1, 0.15) is 31.9 Å². The van der Waals surface area contributed by atoms with E-state index in [9.17, 15) is 14.9 Å². The molecule has 2 rings (SSSR count). The van der Waals surface area contributed by atoms with E-state index in [1.165, 1.54) is 23.4 Å². The van der Waals surface area contributed by atoms with E-state index in [-0.39, 0.29) is 28.4 Å². The Hall–Kier alpha value is -1.38. The average molecular weight is 516 g/mol. The van der Waals surface area contributed by atoms with Gasteiger partial charge < -0.3 is 5.32 Å². The summed E-state index contributed by atoms with van der Waals surface area (Å²) in [6.45, 7) is 8.43. The largest absolute Gasteiger partial charge is 0.319 e. The van der Waals surface area contributed by atoms with E-state index in [4.69, 9.17) is 0 Å².